The molecule has 1 aliphatic heterocycles. The molecule has 0 aromatic heterocycles. The molecule has 8 atom stereocenters. The maximum absolute atomic E-state index is 10.00. The second-order valence-corrected chi connectivity index (χ2v) is 9.27. The highest BCUT2D eigenvalue weighted by Gasteiger charge is 2.68. The third-order valence-electron chi connectivity index (χ3n) is 8.65. The fraction of sp³-hybridized carbons (Fsp3) is 1.00. The van der Waals surface area contributed by atoms with Gasteiger partial charge in [0.15, 0.2) is 0 Å². The lowest BCUT2D eigenvalue weighted by molar-refractivity contribution is -0.0719. The van der Waals surface area contributed by atoms with Gasteiger partial charge in [0.05, 0.1) is 18.3 Å². The van der Waals surface area contributed by atoms with Gasteiger partial charge in [0, 0.05) is 5.41 Å². The first kappa shape index (κ1) is 13.4. The van der Waals surface area contributed by atoms with Gasteiger partial charge < -0.3 is 9.84 Å². The van der Waals surface area contributed by atoms with Gasteiger partial charge in [-0.3, -0.25) is 0 Å². The van der Waals surface area contributed by atoms with Crippen LogP contribution in [0.25, 0.3) is 0 Å². The Balaban J connectivity index is 1.40. The van der Waals surface area contributed by atoms with Crippen LogP contribution in [0, 0.1) is 35.0 Å². The summed E-state index contributed by atoms with van der Waals surface area (Å²) in [6.07, 6.45) is 12.0. The topological polar surface area (TPSA) is 32.8 Å². The Labute approximate surface area is 128 Å². The Morgan fingerprint density at radius 3 is 2.57 bits per heavy atom. The van der Waals surface area contributed by atoms with E-state index >= 15 is 0 Å². The SMILES string of the molecule is C[C@@]12CC3CCC4C[C@H](O)CCC4C3CC1CC[C@]21CO1. The monoisotopic (exact) mass is 290 g/mol. The zero-order chi connectivity index (χ0) is 14.2. The molecule has 21 heavy (non-hydrogen) atoms. The van der Waals surface area contributed by atoms with E-state index in [1.807, 2.05) is 0 Å². The van der Waals surface area contributed by atoms with E-state index in [0.29, 0.717) is 11.0 Å². The van der Waals surface area contributed by atoms with Gasteiger partial charge in [0.1, 0.15) is 0 Å². The summed E-state index contributed by atoms with van der Waals surface area (Å²) in [4.78, 5) is 0. The van der Waals surface area contributed by atoms with Gasteiger partial charge in [-0.2, -0.15) is 0 Å². The number of rotatable bonds is 0. The number of hydrogen-bond donors (Lipinski definition) is 1. The average Bonchev–Trinajstić information content (AvgIpc) is 3.20. The van der Waals surface area contributed by atoms with Crippen molar-refractivity contribution in [3.05, 3.63) is 0 Å². The van der Waals surface area contributed by atoms with Crippen LogP contribution in [0.3, 0.4) is 0 Å². The van der Waals surface area contributed by atoms with Crippen LogP contribution in [0.1, 0.15) is 64.7 Å². The van der Waals surface area contributed by atoms with Crippen LogP contribution in [-0.2, 0) is 4.74 Å². The van der Waals surface area contributed by atoms with Crippen LogP contribution >= 0.6 is 0 Å². The Bertz CT molecular complexity index is 443. The van der Waals surface area contributed by atoms with Gasteiger partial charge in [0.2, 0.25) is 0 Å². The van der Waals surface area contributed by atoms with E-state index < -0.39 is 0 Å². The van der Waals surface area contributed by atoms with Crippen LogP contribution in [0.2, 0.25) is 0 Å². The molecule has 0 radical (unpaired) electrons. The van der Waals surface area contributed by atoms with E-state index in [-0.39, 0.29) is 6.10 Å². The van der Waals surface area contributed by atoms with Crippen LogP contribution in [0.4, 0.5) is 0 Å². The number of aliphatic hydroxyl groups excluding tert-OH is 1. The molecule has 1 N–H and O–H groups in total. The van der Waals surface area contributed by atoms with Crippen molar-refractivity contribution >= 4 is 0 Å². The minimum Gasteiger partial charge on any atom is -0.393 e. The number of ether oxygens (including phenoxy) is 1. The van der Waals surface area contributed by atoms with Crippen molar-refractivity contribution in [2.75, 3.05) is 6.61 Å². The van der Waals surface area contributed by atoms with Crippen LogP contribution < -0.4 is 0 Å². The molecule has 1 heterocycles. The third kappa shape index (κ3) is 1.72. The third-order valence-corrected chi connectivity index (χ3v) is 8.65. The molecule has 0 bridgehead atoms. The minimum atomic E-state index is 0.00581. The highest BCUT2D eigenvalue weighted by molar-refractivity contribution is 5.16. The second-order valence-electron chi connectivity index (χ2n) is 9.27. The predicted molar refractivity (Wildman–Crippen MR) is 81.8 cm³/mol. The van der Waals surface area contributed by atoms with E-state index in [1.165, 1.54) is 44.9 Å². The molecule has 118 valence electrons. The quantitative estimate of drug-likeness (QED) is 0.689. The van der Waals surface area contributed by atoms with Crippen molar-refractivity contribution in [1.29, 1.82) is 0 Å². The molecular formula is C19H30O2. The number of epoxide rings is 1. The molecule has 4 saturated carbocycles. The summed E-state index contributed by atoms with van der Waals surface area (Å²) in [5.41, 5.74) is 0.803. The van der Waals surface area contributed by atoms with Gasteiger partial charge in [-0.1, -0.05) is 6.92 Å². The van der Waals surface area contributed by atoms with Gasteiger partial charge in [-0.15, -0.1) is 0 Å². The summed E-state index contributed by atoms with van der Waals surface area (Å²) in [5.74, 6) is 4.64. The van der Waals surface area contributed by atoms with Crippen molar-refractivity contribution < 1.29 is 9.84 Å². The fourth-order valence-electron chi connectivity index (χ4n) is 7.32. The lowest BCUT2D eigenvalue weighted by Crippen LogP contribution is -2.49. The van der Waals surface area contributed by atoms with Crippen LogP contribution in [-0.4, -0.2) is 23.4 Å². The standard InChI is InChI=1S/C19H30O2/c1-18-10-13-3-2-12-8-15(20)4-5-16(12)17(13)9-14(18)6-7-19(18)11-21-19/h12-17,20H,2-11H2,1H3/t12?,13?,14?,15-,16?,17?,18-,19+/m1/s1. The maximum Gasteiger partial charge on any atom is 0.0972 e. The lowest BCUT2D eigenvalue weighted by atomic mass is 9.50. The number of hydrogen-bond acceptors (Lipinski definition) is 2. The summed E-state index contributed by atoms with van der Waals surface area (Å²) in [7, 11) is 0. The molecule has 5 unspecified atom stereocenters. The minimum absolute atomic E-state index is 0.00581. The van der Waals surface area contributed by atoms with Crippen molar-refractivity contribution in [3.63, 3.8) is 0 Å². The molecule has 4 aliphatic carbocycles. The van der Waals surface area contributed by atoms with E-state index in [9.17, 15) is 5.11 Å². The van der Waals surface area contributed by atoms with Gasteiger partial charge in [-0.05, 0) is 87.4 Å². The van der Waals surface area contributed by atoms with Crippen LogP contribution in [0.15, 0.2) is 0 Å². The molecule has 5 rings (SSSR count). The molecule has 0 aromatic rings. The second kappa shape index (κ2) is 4.26. The summed E-state index contributed by atoms with van der Waals surface area (Å²) < 4.78 is 6.00. The first-order valence-corrected chi connectivity index (χ1v) is 9.43. The van der Waals surface area contributed by atoms with E-state index in [2.05, 4.69) is 6.92 Å². The molecule has 5 fully saturated rings. The molecule has 0 aromatic carbocycles. The fourth-order valence-corrected chi connectivity index (χ4v) is 7.32. The van der Waals surface area contributed by atoms with Crippen molar-refractivity contribution in [3.8, 4) is 0 Å². The maximum atomic E-state index is 10.00. The number of fused-ring (bicyclic) bond motifs is 5. The predicted octanol–water partition coefficient (Wildman–Crippen LogP) is 3.77. The van der Waals surface area contributed by atoms with E-state index in [4.69, 9.17) is 4.74 Å². The summed E-state index contributed by atoms with van der Waals surface area (Å²) >= 11 is 0. The van der Waals surface area contributed by atoms with E-state index in [1.54, 1.807) is 0 Å². The molecule has 1 saturated heterocycles. The Hall–Kier alpha value is -0.0800. The molecule has 5 aliphatic rings. The normalized spacial score (nSPS) is 62.0. The average molecular weight is 290 g/mol. The van der Waals surface area contributed by atoms with Gasteiger partial charge in [0.25, 0.3) is 0 Å². The van der Waals surface area contributed by atoms with Crippen molar-refractivity contribution in [2.45, 2.75) is 76.4 Å². The molecule has 1 spiro atoms. The first-order valence-electron chi connectivity index (χ1n) is 9.43. The van der Waals surface area contributed by atoms with Crippen LogP contribution in [0.5, 0.6) is 0 Å². The summed E-state index contributed by atoms with van der Waals surface area (Å²) in [6, 6.07) is 0. The smallest absolute Gasteiger partial charge is 0.0972 e. The number of aliphatic hydroxyl groups is 1. The zero-order valence-corrected chi connectivity index (χ0v) is 13.4. The highest BCUT2D eigenvalue weighted by atomic mass is 16.6. The summed E-state index contributed by atoms with van der Waals surface area (Å²) in [5, 5.41) is 10.00. The Morgan fingerprint density at radius 2 is 1.76 bits per heavy atom. The highest BCUT2D eigenvalue weighted by Crippen LogP contribution is 2.68. The molecule has 2 heteroatoms. The molecular weight excluding hydrogens is 260 g/mol. The summed E-state index contributed by atoms with van der Waals surface area (Å²) in [6.45, 7) is 3.61. The van der Waals surface area contributed by atoms with Crippen molar-refractivity contribution in [1.82, 2.24) is 0 Å². The molecule has 0 amide bonds. The molecule has 2 nitrogen and oxygen atoms in total. The van der Waals surface area contributed by atoms with Gasteiger partial charge >= 0.3 is 0 Å². The lowest BCUT2D eigenvalue weighted by Gasteiger charge is -2.55. The first-order chi connectivity index (χ1) is 10.1. The zero-order valence-electron chi connectivity index (χ0n) is 13.4. The van der Waals surface area contributed by atoms with Crippen molar-refractivity contribution in [2.24, 2.45) is 35.0 Å². The van der Waals surface area contributed by atoms with E-state index in [0.717, 1.165) is 49.0 Å². The van der Waals surface area contributed by atoms with Gasteiger partial charge in [-0.25, -0.2) is 0 Å². The Kier molecular flexibility index (Phi) is 2.71. The largest absolute Gasteiger partial charge is 0.393 e. The Morgan fingerprint density at radius 1 is 0.952 bits per heavy atom.